The number of aliphatic imine (C=N–C) groups is 1. The van der Waals surface area contributed by atoms with Crippen molar-refractivity contribution in [2.45, 2.75) is 4.90 Å². The largest absolute Gasteiger partial charge is 0.612 e. The molecule has 0 fully saturated rings. The predicted octanol–water partition coefficient (Wildman–Crippen LogP) is 2.33. The van der Waals surface area contributed by atoms with Crippen LogP contribution in [0.1, 0.15) is 0 Å². The quantitative estimate of drug-likeness (QED) is 0.297. The van der Waals surface area contributed by atoms with Crippen LogP contribution in [-0.2, 0) is 11.2 Å². The van der Waals surface area contributed by atoms with Crippen molar-refractivity contribution in [2.75, 3.05) is 17.3 Å². The zero-order valence-electron chi connectivity index (χ0n) is 11.8. The van der Waals surface area contributed by atoms with Gasteiger partial charge in [0.05, 0.1) is 11.4 Å². The number of hydrogen-bond acceptors (Lipinski definition) is 5. The van der Waals surface area contributed by atoms with Gasteiger partial charge in [-0.2, -0.15) is 5.26 Å². The highest BCUT2D eigenvalue weighted by Gasteiger charge is 2.11. The molecular formula is C15H14N4O2S. The summed E-state index contributed by atoms with van der Waals surface area (Å²) < 4.78 is 17.0. The van der Waals surface area contributed by atoms with Crippen molar-refractivity contribution < 1.29 is 9.29 Å². The van der Waals surface area contributed by atoms with E-state index in [1.807, 2.05) is 6.07 Å². The predicted molar refractivity (Wildman–Crippen MR) is 86.9 cm³/mol. The van der Waals surface area contributed by atoms with E-state index in [4.69, 9.17) is 15.7 Å². The van der Waals surface area contributed by atoms with Gasteiger partial charge in [0.25, 0.3) is 0 Å². The third-order valence-electron chi connectivity index (χ3n) is 2.71. The van der Waals surface area contributed by atoms with Gasteiger partial charge in [-0.1, -0.05) is 18.2 Å². The number of anilines is 2. The molecule has 6 nitrogen and oxygen atoms in total. The monoisotopic (exact) mass is 314 g/mol. The van der Waals surface area contributed by atoms with Crippen molar-refractivity contribution in [3.63, 3.8) is 0 Å². The van der Waals surface area contributed by atoms with E-state index in [9.17, 15) is 4.55 Å². The van der Waals surface area contributed by atoms with Crippen LogP contribution in [0.2, 0.25) is 0 Å². The van der Waals surface area contributed by atoms with E-state index in [0.717, 1.165) is 0 Å². The number of hydrogen-bond donors (Lipinski definition) is 2. The van der Waals surface area contributed by atoms with Gasteiger partial charge in [0, 0.05) is 6.07 Å². The fourth-order valence-corrected chi connectivity index (χ4v) is 2.20. The third-order valence-corrected chi connectivity index (χ3v) is 3.63. The van der Waals surface area contributed by atoms with E-state index in [2.05, 4.69) is 10.3 Å². The lowest BCUT2D eigenvalue weighted by Crippen LogP contribution is -2.20. The Bertz CT molecular complexity index is 711. The van der Waals surface area contributed by atoms with Gasteiger partial charge in [0.2, 0.25) is 6.19 Å². The molecule has 0 aromatic heterocycles. The first-order valence-electron chi connectivity index (χ1n) is 6.30. The van der Waals surface area contributed by atoms with Gasteiger partial charge in [-0.05, 0) is 35.4 Å². The fourth-order valence-electron chi connectivity index (χ4n) is 1.66. The highest BCUT2D eigenvalue weighted by atomic mass is 32.2. The van der Waals surface area contributed by atoms with Crippen molar-refractivity contribution in [3.8, 4) is 11.9 Å². The second-order valence-corrected chi connectivity index (χ2v) is 5.64. The molecule has 0 heterocycles. The Hall–Kier alpha value is -2.69. The number of para-hydroxylation sites is 1. The average molecular weight is 314 g/mol. The van der Waals surface area contributed by atoms with Gasteiger partial charge in [0.15, 0.2) is 4.90 Å². The second-order valence-electron chi connectivity index (χ2n) is 4.26. The van der Waals surface area contributed by atoms with Crippen LogP contribution in [0, 0.1) is 11.5 Å². The maximum absolute atomic E-state index is 11.5. The molecule has 0 radical (unpaired) electrons. The number of nitrogens with two attached hydrogens (primary N) is 1. The summed E-state index contributed by atoms with van der Waals surface area (Å²) in [5.74, 6) is 0.526. The minimum Gasteiger partial charge on any atom is -0.612 e. The first-order chi connectivity index (χ1) is 10.6. The highest BCUT2D eigenvalue weighted by Crippen LogP contribution is 2.23. The summed E-state index contributed by atoms with van der Waals surface area (Å²) in [6, 6.07) is 13.8. The molecule has 0 aliphatic carbocycles. The topological polar surface area (TPSA) is 106 Å². The summed E-state index contributed by atoms with van der Waals surface area (Å²) in [4.78, 5) is 4.19. The van der Waals surface area contributed by atoms with E-state index < -0.39 is 11.2 Å². The summed E-state index contributed by atoms with van der Waals surface area (Å²) in [7, 11) is 0. The van der Waals surface area contributed by atoms with Crippen LogP contribution < -0.4 is 15.8 Å². The molecular weight excluding hydrogens is 300 g/mol. The normalized spacial score (nSPS) is 12.3. The van der Waals surface area contributed by atoms with E-state index in [1.54, 1.807) is 54.9 Å². The van der Waals surface area contributed by atoms with Gasteiger partial charge < -0.3 is 20.3 Å². The van der Waals surface area contributed by atoms with Crippen LogP contribution in [0.25, 0.3) is 0 Å². The molecule has 0 spiro atoms. The lowest BCUT2D eigenvalue weighted by Gasteiger charge is -2.13. The molecule has 2 rings (SSSR count). The van der Waals surface area contributed by atoms with Crippen molar-refractivity contribution in [1.82, 2.24) is 0 Å². The summed E-state index contributed by atoms with van der Waals surface area (Å²) in [5.41, 5.74) is 6.77. The minimum atomic E-state index is -1.15. The number of ether oxygens (including phenoxy) is 1. The number of nitrogens with zero attached hydrogens (tertiary/aromatic N) is 2. The molecule has 2 aromatic rings. The highest BCUT2D eigenvalue weighted by molar-refractivity contribution is 7.90. The standard InChI is InChI=1S/C15H14N4O2S/c1-22(20)12-7-8-13(17)14(9-12)19-15(18-10-16)21-11-5-3-2-4-6-11/h2-9H,17H2,1H3,(H,18,19). The lowest BCUT2D eigenvalue weighted by atomic mass is 10.3. The molecule has 1 atom stereocenters. The molecule has 0 aliphatic rings. The zero-order chi connectivity index (χ0) is 15.9. The van der Waals surface area contributed by atoms with Crippen molar-refractivity contribution >= 4 is 28.6 Å². The Morgan fingerprint density at radius 2 is 2.05 bits per heavy atom. The minimum absolute atomic E-state index is 0.0144. The first-order valence-corrected chi connectivity index (χ1v) is 7.85. The summed E-state index contributed by atoms with van der Waals surface area (Å²) in [5, 5.41) is 11.6. The van der Waals surface area contributed by atoms with Crippen molar-refractivity contribution in [2.24, 2.45) is 4.99 Å². The second kappa shape index (κ2) is 7.36. The van der Waals surface area contributed by atoms with E-state index in [-0.39, 0.29) is 6.02 Å². The van der Waals surface area contributed by atoms with Crippen molar-refractivity contribution in [3.05, 3.63) is 48.5 Å². The lowest BCUT2D eigenvalue weighted by molar-refractivity contribution is 0.549. The molecule has 2 aromatic carbocycles. The van der Waals surface area contributed by atoms with Crippen molar-refractivity contribution in [1.29, 1.82) is 5.26 Å². The number of nitrogens with one attached hydrogen (secondary N) is 1. The molecule has 0 aliphatic heterocycles. The fraction of sp³-hybridized carbons (Fsp3) is 0.0667. The molecule has 0 saturated carbocycles. The number of benzene rings is 2. The smallest absolute Gasteiger partial charge is 0.310 e. The molecule has 112 valence electrons. The molecule has 22 heavy (non-hydrogen) atoms. The first kappa shape index (κ1) is 15.7. The Labute approximate surface area is 131 Å². The Morgan fingerprint density at radius 1 is 1.32 bits per heavy atom. The SMILES string of the molecule is C[S+]([O-])c1ccc(N)c(N/C(=N/C#N)Oc2ccccc2)c1. The van der Waals surface area contributed by atoms with Crippen LogP contribution in [0.5, 0.6) is 5.75 Å². The summed E-state index contributed by atoms with van der Waals surface area (Å²) in [6.07, 6.45) is 3.23. The zero-order valence-corrected chi connectivity index (χ0v) is 12.6. The Morgan fingerprint density at radius 3 is 2.68 bits per heavy atom. The number of nitrogen functional groups attached to an aromatic ring is 1. The van der Waals surface area contributed by atoms with Crippen LogP contribution in [0.15, 0.2) is 58.4 Å². The van der Waals surface area contributed by atoms with Crippen LogP contribution in [0.4, 0.5) is 11.4 Å². The van der Waals surface area contributed by atoms with Gasteiger partial charge in [-0.3, -0.25) is 0 Å². The average Bonchev–Trinajstić information content (AvgIpc) is 2.50. The van der Waals surface area contributed by atoms with E-state index in [0.29, 0.717) is 22.0 Å². The molecule has 0 amide bonds. The maximum atomic E-state index is 11.5. The number of amidine groups is 1. The van der Waals surface area contributed by atoms with Gasteiger partial charge in [-0.15, -0.1) is 4.99 Å². The molecule has 3 N–H and O–H groups in total. The summed E-state index contributed by atoms with van der Waals surface area (Å²) in [6.45, 7) is 0. The Kier molecular flexibility index (Phi) is 5.25. The van der Waals surface area contributed by atoms with Crippen LogP contribution in [0.3, 0.4) is 0 Å². The van der Waals surface area contributed by atoms with Gasteiger partial charge >= 0.3 is 6.02 Å². The maximum Gasteiger partial charge on any atom is 0.310 e. The van der Waals surface area contributed by atoms with Gasteiger partial charge in [0.1, 0.15) is 12.0 Å². The molecule has 0 saturated heterocycles. The molecule has 1 unspecified atom stereocenters. The molecule has 7 heteroatoms. The number of rotatable bonds is 3. The van der Waals surface area contributed by atoms with E-state index >= 15 is 0 Å². The summed E-state index contributed by atoms with van der Waals surface area (Å²) >= 11 is -1.15. The molecule has 0 bridgehead atoms. The third kappa shape index (κ3) is 4.15. The Balaban J connectivity index is 2.24. The van der Waals surface area contributed by atoms with E-state index in [1.165, 1.54) is 0 Å². The van der Waals surface area contributed by atoms with Crippen LogP contribution in [-0.4, -0.2) is 16.8 Å². The van der Waals surface area contributed by atoms with Crippen LogP contribution >= 0.6 is 0 Å². The van der Waals surface area contributed by atoms with Gasteiger partial charge in [-0.25, -0.2) is 0 Å². The number of nitriles is 1.